The zero-order chi connectivity index (χ0) is 17.6. The van der Waals surface area contributed by atoms with Crippen molar-refractivity contribution in [1.29, 1.82) is 0 Å². The van der Waals surface area contributed by atoms with E-state index in [0.717, 1.165) is 23.5 Å². The maximum Gasteiger partial charge on any atom is 0.323 e. The first-order chi connectivity index (χ1) is 12.1. The topological polar surface area (TPSA) is 70.2 Å². The Morgan fingerprint density at radius 1 is 0.880 bits per heavy atom. The summed E-state index contributed by atoms with van der Waals surface area (Å²) in [6, 6.07) is 16.4. The fraction of sp³-hybridized carbons (Fsp3) is 0.200. The number of urea groups is 1. The van der Waals surface area contributed by atoms with Gasteiger partial charge in [0.2, 0.25) is 0 Å². The van der Waals surface area contributed by atoms with Gasteiger partial charge in [0, 0.05) is 35.3 Å². The number of carbonyl (C=O) groups excluding carboxylic acids is 2. The Balaban J connectivity index is 1.57. The van der Waals surface area contributed by atoms with Crippen molar-refractivity contribution in [3.05, 3.63) is 66.4 Å². The second-order valence-corrected chi connectivity index (χ2v) is 6.30. The van der Waals surface area contributed by atoms with Gasteiger partial charge >= 0.3 is 6.03 Å². The van der Waals surface area contributed by atoms with Crippen LogP contribution in [-0.4, -0.2) is 11.8 Å². The van der Waals surface area contributed by atoms with Gasteiger partial charge in [-0.25, -0.2) is 4.79 Å². The van der Waals surface area contributed by atoms with Gasteiger partial charge < -0.3 is 16.0 Å². The Hall–Kier alpha value is -3.08. The predicted molar refractivity (Wildman–Crippen MR) is 101 cm³/mol. The Kier molecular flexibility index (Phi) is 5.14. The Morgan fingerprint density at radius 3 is 2.12 bits per heavy atom. The molecular formula is C20H21N3O2. The predicted octanol–water partition coefficient (Wildman–Crippen LogP) is 4.63. The molecule has 0 radical (unpaired) electrons. The highest BCUT2D eigenvalue weighted by atomic mass is 16.2. The SMILES string of the molecule is CC1CC(=O)C=C(Nc2ccc(NC(=O)Nc3ccccc3)cc2)C1. The molecule has 128 valence electrons. The minimum atomic E-state index is -0.290. The number of carbonyl (C=O) groups is 2. The van der Waals surface area contributed by atoms with Gasteiger partial charge in [0.1, 0.15) is 0 Å². The van der Waals surface area contributed by atoms with Crippen molar-refractivity contribution < 1.29 is 9.59 Å². The number of hydrogen-bond acceptors (Lipinski definition) is 3. The third kappa shape index (κ3) is 4.94. The number of anilines is 3. The molecule has 0 aliphatic heterocycles. The Morgan fingerprint density at radius 2 is 1.48 bits per heavy atom. The van der Waals surface area contributed by atoms with E-state index in [0.29, 0.717) is 18.0 Å². The minimum Gasteiger partial charge on any atom is -0.359 e. The molecule has 2 amide bonds. The van der Waals surface area contributed by atoms with E-state index in [1.54, 1.807) is 6.08 Å². The molecule has 2 aromatic rings. The summed E-state index contributed by atoms with van der Waals surface area (Å²) in [6.07, 6.45) is 3.16. The van der Waals surface area contributed by atoms with Crippen LogP contribution < -0.4 is 16.0 Å². The molecular weight excluding hydrogens is 314 g/mol. The molecule has 0 aromatic heterocycles. The van der Waals surface area contributed by atoms with E-state index in [4.69, 9.17) is 0 Å². The fourth-order valence-electron chi connectivity index (χ4n) is 2.83. The van der Waals surface area contributed by atoms with Gasteiger partial charge in [-0.3, -0.25) is 4.79 Å². The largest absolute Gasteiger partial charge is 0.359 e. The van der Waals surface area contributed by atoms with Crippen molar-refractivity contribution in [2.24, 2.45) is 5.92 Å². The van der Waals surface area contributed by atoms with Crippen LogP contribution in [-0.2, 0) is 4.79 Å². The minimum absolute atomic E-state index is 0.164. The lowest BCUT2D eigenvalue weighted by Gasteiger charge is -2.19. The zero-order valence-electron chi connectivity index (χ0n) is 14.1. The molecule has 5 nitrogen and oxygen atoms in total. The van der Waals surface area contributed by atoms with Crippen LogP contribution in [0.3, 0.4) is 0 Å². The van der Waals surface area contributed by atoms with E-state index in [-0.39, 0.29) is 11.8 Å². The molecule has 0 fully saturated rings. The van der Waals surface area contributed by atoms with Crippen molar-refractivity contribution in [3.8, 4) is 0 Å². The zero-order valence-corrected chi connectivity index (χ0v) is 14.1. The lowest BCUT2D eigenvalue weighted by atomic mass is 9.93. The van der Waals surface area contributed by atoms with E-state index in [2.05, 4.69) is 22.9 Å². The summed E-state index contributed by atoms with van der Waals surface area (Å²) < 4.78 is 0. The molecule has 0 spiro atoms. The molecule has 3 rings (SSSR count). The standard InChI is InChI=1S/C20H21N3O2/c1-14-11-18(13-19(24)12-14)21-16-7-9-17(10-8-16)23-20(25)22-15-5-3-2-4-6-15/h2-10,13-14,21H,11-12H2,1H3,(H2,22,23,25). The van der Waals surface area contributed by atoms with Crippen LogP contribution in [0.25, 0.3) is 0 Å². The van der Waals surface area contributed by atoms with Gasteiger partial charge in [0.25, 0.3) is 0 Å². The monoisotopic (exact) mass is 335 g/mol. The molecule has 0 saturated carbocycles. The molecule has 5 heteroatoms. The molecule has 3 N–H and O–H groups in total. The van der Waals surface area contributed by atoms with Crippen LogP contribution in [0.1, 0.15) is 19.8 Å². The number of nitrogens with one attached hydrogen (secondary N) is 3. The third-order valence-corrected chi connectivity index (χ3v) is 3.93. The van der Waals surface area contributed by atoms with Crippen LogP contribution in [0.15, 0.2) is 66.4 Å². The highest BCUT2D eigenvalue weighted by Gasteiger charge is 2.16. The van der Waals surface area contributed by atoms with Gasteiger partial charge in [-0.2, -0.15) is 0 Å². The van der Waals surface area contributed by atoms with Crippen molar-refractivity contribution in [2.45, 2.75) is 19.8 Å². The third-order valence-electron chi connectivity index (χ3n) is 3.93. The summed E-state index contributed by atoms with van der Waals surface area (Å²) in [7, 11) is 0. The van der Waals surface area contributed by atoms with E-state index in [1.807, 2.05) is 54.6 Å². The van der Waals surface area contributed by atoms with Gasteiger partial charge in [-0.15, -0.1) is 0 Å². The van der Waals surface area contributed by atoms with Crippen molar-refractivity contribution in [1.82, 2.24) is 0 Å². The van der Waals surface area contributed by atoms with Crippen LogP contribution in [0, 0.1) is 5.92 Å². The molecule has 25 heavy (non-hydrogen) atoms. The van der Waals surface area contributed by atoms with Crippen LogP contribution in [0.5, 0.6) is 0 Å². The first-order valence-electron chi connectivity index (χ1n) is 8.32. The highest BCUT2D eigenvalue weighted by Crippen LogP contribution is 2.24. The molecule has 0 heterocycles. The quantitative estimate of drug-likeness (QED) is 0.763. The van der Waals surface area contributed by atoms with Gasteiger partial charge in [-0.05, 0) is 48.7 Å². The van der Waals surface area contributed by atoms with Crippen molar-refractivity contribution in [2.75, 3.05) is 16.0 Å². The highest BCUT2D eigenvalue weighted by molar-refractivity contribution is 5.99. The molecule has 1 atom stereocenters. The first-order valence-corrected chi connectivity index (χ1v) is 8.32. The Bertz CT molecular complexity index is 782. The van der Waals surface area contributed by atoms with Gasteiger partial charge in [0.15, 0.2) is 5.78 Å². The first kappa shape index (κ1) is 16.8. The van der Waals surface area contributed by atoms with Gasteiger partial charge in [0.05, 0.1) is 0 Å². The maximum atomic E-state index is 12.0. The lowest BCUT2D eigenvalue weighted by Crippen LogP contribution is -2.19. The number of benzene rings is 2. The van der Waals surface area contributed by atoms with Crippen LogP contribution >= 0.6 is 0 Å². The van der Waals surface area contributed by atoms with Crippen LogP contribution in [0.2, 0.25) is 0 Å². The average Bonchev–Trinajstić information content (AvgIpc) is 2.56. The summed E-state index contributed by atoms with van der Waals surface area (Å²) >= 11 is 0. The van der Waals surface area contributed by atoms with Gasteiger partial charge in [-0.1, -0.05) is 25.1 Å². The molecule has 0 bridgehead atoms. The van der Waals surface area contributed by atoms with E-state index in [9.17, 15) is 9.59 Å². The fourth-order valence-corrected chi connectivity index (χ4v) is 2.83. The molecule has 1 aliphatic carbocycles. The molecule has 1 unspecified atom stereocenters. The normalized spacial score (nSPS) is 16.8. The summed E-state index contributed by atoms with van der Waals surface area (Å²) in [5, 5.41) is 8.83. The average molecular weight is 335 g/mol. The second kappa shape index (κ2) is 7.66. The van der Waals surface area contributed by atoms with Crippen molar-refractivity contribution in [3.63, 3.8) is 0 Å². The molecule has 1 aliphatic rings. The number of rotatable bonds is 4. The summed E-state index contributed by atoms with van der Waals surface area (Å²) in [5.41, 5.74) is 3.26. The molecule has 2 aromatic carbocycles. The number of hydrogen-bond donors (Lipinski definition) is 3. The second-order valence-electron chi connectivity index (χ2n) is 6.30. The lowest BCUT2D eigenvalue weighted by molar-refractivity contribution is -0.115. The van der Waals surface area contributed by atoms with E-state index >= 15 is 0 Å². The van der Waals surface area contributed by atoms with E-state index in [1.165, 1.54) is 0 Å². The number of amides is 2. The van der Waals surface area contributed by atoms with Crippen molar-refractivity contribution >= 4 is 28.9 Å². The summed E-state index contributed by atoms with van der Waals surface area (Å²) in [6.45, 7) is 2.07. The molecule has 0 saturated heterocycles. The van der Waals surface area contributed by atoms with Crippen LogP contribution in [0.4, 0.5) is 21.9 Å². The van der Waals surface area contributed by atoms with E-state index < -0.39 is 0 Å². The number of ketones is 1. The Labute approximate surface area is 147 Å². The summed E-state index contributed by atoms with van der Waals surface area (Å²) in [4.78, 5) is 23.6. The smallest absolute Gasteiger partial charge is 0.323 e. The summed E-state index contributed by atoms with van der Waals surface area (Å²) in [5.74, 6) is 0.528. The maximum absolute atomic E-state index is 12.0. The number of allylic oxidation sites excluding steroid dienone is 2. The number of para-hydroxylation sites is 1.